The zero-order valence-electron chi connectivity index (χ0n) is 8.50. The van der Waals surface area contributed by atoms with E-state index in [2.05, 4.69) is 12.2 Å². The topological polar surface area (TPSA) is 32.3 Å². The van der Waals surface area contributed by atoms with Crippen molar-refractivity contribution in [3.05, 3.63) is 0 Å². The number of aliphatic hydroxyl groups is 1. The third-order valence-corrected chi connectivity index (χ3v) is 3.71. The minimum Gasteiger partial charge on any atom is -0.393 e. The van der Waals surface area contributed by atoms with Crippen molar-refractivity contribution < 1.29 is 5.11 Å². The van der Waals surface area contributed by atoms with Crippen molar-refractivity contribution in [2.75, 3.05) is 6.54 Å². The van der Waals surface area contributed by atoms with Gasteiger partial charge < -0.3 is 10.4 Å². The van der Waals surface area contributed by atoms with Gasteiger partial charge in [0.1, 0.15) is 0 Å². The van der Waals surface area contributed by atoms with Crippen molar-refractivity contribution in [1.82, 2.24) is 5.32 Å². The predicted octanol–water partition coefficient (Wildman–Crippen LogP) is 1.54. The largest absolute Gasteiger partial charge is 0.393 e. The maximum Gasteiger partial charge on any atom is 0.0543 e. The van der Waals surface area contributed by atoms with Gasteiger partial charge in [-0.3, -0.25) is 0 Å². The first-order valence-corrected chi connectivity index (χ1v) is 5.67. The molecule has 1 aliphatic heterocycles. The lowest BCUT2D eigenvalue weighted by molar-refractivity contribution is 0.167. The van der Waals surface area contributed by atoms with Crippen LogP contribution >= 0.6 is 0 Å². The van der Waals surface area contributed by atoms with Crippen LogP contribution < -0.4 is 5.32 Å². The van der Waals surface area contributed by atoms with Crippen LogP contribution in [0, 0.1) is 11.8 Å². The van der Waals surface area contributed by atoms with Gasteiger partial charge in [-0.25, -0.2) is 0 Å². The average molecular weight is 183 g/mol. The number of aliphatic hydroxyl groups excluding tert-OH is 1. The fourth-order valence-electron chi connectivity index (χ4n) is 2.78. The van der Waals surface area contributed by atoms with Crippen molar-refractivity contribution in [3.63, 3.8) is 0 Å². The Balaban J connectivity index is 1.81. The Kier molecular flexibility index (Phi) is 2.89. The Labute approximate surface area is 80.7 Å². The number of piperidine rings is 1. The molecule has 2 nitrogen and oxygen atoms in total. The summed E-state index contributed by atoms with van der Waals surface area (Å²) in [4.78, 5) is 0. The summed E-state index contributed by atoms with van der Waals surface area (Å²) in [6, 6.07) is 0.702. The second-order valence-electron chi connectivity index (χ2n) is 4.92. The zero-order valence-corrected chi connectivity index (χ0v) is 8.50. The van der Waals surface area contributed by atoms with Gasteiger partial charge in [-0.15, -0.1) is 0 Å². The standard InChI is InChI=1S/C11H21NO/c1-8-2-5-11(12-7-8)9-3-4-10(13)6-9/h8-13H,2-7H2,1H3/t8-,9?,10?,11+/m1/s1. The molecule has 2 rings (SSSR count). The van der Waals surface area contributed by atoms with Gasteiger partial charge in [0.2, 0.25) is 0 Å². The SMILES string of the molecule is C[C@@H]1CC[C@@H](C2CCC(O)C2)NC1. The molecule has 2 unspecified atom stereocenters. The highest BCUT2D eigenvalue weighted by atomic mass is 16.3. The Morgan fingerprint density at radius 1 is 1.15 bits per heavy atom. The molecule has 2 fully saturated rings. The molecule has 0 amide bonds. The Bertz CT molecular complexity index is 163. The summed E-state index contributed by atoms with van der Waals surface area (Å²) < 4.78 is 0. The van der Waals surface area contributed by atoms with Crippen LogP contribution in [0.2, 0.25) is 0 Å². The molecule has 0 bridgehead atoms. The van der Waals surface area contributed by atoms with Gasteiger partial charge in [-0.05, 0) is 50.5 Å². The molecule has 0 aromatic carbocycles. The Morgan fingerprint density at radius 3 is 2.54 bits per heavy atom. The van der Waals surface area contributed by atoms with Crippen LogP contribution in [0.25, 0.3) is 0 Å². The van der Waals surface area contributed by atoms with E-state index in [0.29, 0.717) is 6.04 Å². The number of nitrogens with one attached hydrogen (secondary N) is 1. The molecule has 0 aromatic rings. The normalized spacial score (nSPS) is 46.6. The minimum absolute atomic E-state index is 0.00819. The maximum atomic E-state index is 9.45. The van der Waals surface area contributed by atoms with Gasteiger partial charge in [0.05, 0.1) is 6.10 Å². The second-order valence-corrected chi connectivity index (χ2v) is 4.92. The molecule has 0 spiro atoms. The first-order valence-electron chi connectivity index (χ1n) is 5.67. The molecule has 1 aliphatic carbocycles. The smallest absolute Gasteiger partial charge is 0.0543 e. The summed E-state index contributed by atoms with van der Waals surface area (Å²) in [6.07, 6.45) is 5.96. The highest BCUT2D eigenvalue weighted by Crippen LogP contribution is 2.32. The Morgan fingerprint density at radius 2 is 2.00 bits per heavy atom. The molecular formula is C11H21NO. The quantitative estimate of drug-likeness (QED) is 0.646. The highest BCUT2D eigenvalue weighted by molar-refractivity contribution is 4.87. The fourth-order valence-corrected chi connectivity index (χ4v) is 2.78. The lowest BCUT2D eigenvalue weighted by atomic mass is 9.87. The van der Waals surface area contributed by atoms with Gasteiger partial charge in [-0.1, -0.05) is 6.92 Å². The average Bonchev–Trinajstić information content (AvgIpc) is 2.53. The second kappa shape index (κ2) is 3.97. The van der Waals surface area contributed by atoms with E-state index < -0.39 is 0 Å². The summed E-state index contributed by atoms with van der Waals surface area (Å²) in [5.74, 6) is 1.60. The van der Waals surface area contributed by atoms with Crippen LogP contribution in [0.15, 0.2) is 0 Å². The van der Waals surface area contributed by atoms with Crippen LogP contribution in [-0.4, -0.2) is 23.8 Å². The van der Waals surface area contributed by atoms with Gasteiger partial charge in [0.15, 0.2) is 0 Å². The van der Waals surface area contributed by atoms with E-state index in [1.165, 1.54) is 25.8 Å². The van der Waals surface area contributed by atoms with Crippen molar-refractivity contribution in [2.45, 2.75) is 51.2 Å². The van der Waals surface area contributed by atoms with E-state index in [-0.39, 0.29) is 6.10 Å². The Hall–Kier alpha value is -0.0800. The molecule has 2 N–H and O–H groups in total. The monoisotopic (exact) mass is 183 g/mol. The zero-order chi connectivity index (χ0) is 9.26. The van der Waals surface area contributed by atoms with Crippen molar-refractivity contribution in [2.24, 2.45) is 11.8 Å². The number of hydrogen-bond acceptors (Lipinski definition) is 2. The summed E-state index contributed by atoms with van der Waals surface area (Å²) in [6.45, 7) is 3.49. The molecule has 2 heteroatoms. The van der Waals surface area contributed by atoms with Gasteiger partial charge >= 0.3 is 0 Å². The van der Waals surface area contributed by atoms with Crippen LogP contribution in [0.3, 0.4) is 0 Å². The molecule has 1 heterocycles. The maximum absolute atomic E-state index is 9.45. The molecular weight excluding hydrogens is 162 g/mol. The predicted molar refractivity (Wildman–Crippen MR) is 53.5 cm³/mol. The molecule has 4 atom stereocenters. The van der Waals surface area contributed by atoms with Crippen molar-refractivity contribution in [3.8, 4) is 0 Å². The molecule has 0 aromatic heterocycles. The minimum atomic E-state index is -0.00819. The summed E-state index contributed by atoms with van der Waals surface area (Å²) in [5.41, 5.74) is 0. The summed E-state index contributed by atoms with van der Waals surface area (Å²) >= 11 is 0. The van der Waals surface area contributed by atoms with Crippen molar-refractivity contribution >= 4 is 0 Å². The first kappa shape index (κ1) is 9.47. The molecule has 76 valence electrons. The van der Waals surface area contributed by atoms with Crippen LogP contribution in [0.1, 0.15) is 39.0 Å². The van der Waals surface area contributed by atoms with Gasteiger partial charge in [0.25, 0.3) is 0 Å². The van der Waals surface area contributed by atoms with E-state index in [1.54, 1.807) is 0 Å². The van der Waals surface area contributed by atoms with E-state index in [1.807, 2.05) is 0 Å². The number of hydrogen-bond donors (Lipinski definition) is 2. The van der Waals surface area contributed by atoms with Crippen LogP contribution in [-0.2, 0) is 0 Å². The van der Waals surface area contributed by atoms with E-state index in [9.17, 15) is 5.11 Å². The molecule has 1 saturated carbocycles. The van der Waals surface area contributed by atoms with Gasteiger partial charge in [-0.2, -0.15) is 0 Å². The summed E-state index contributed by atoms with van der Waals surface area (Å²) in [5, 5.41) is 13.1. The molecule has 0 radical (unpaired) electrons. The lowest BCUT2D eigenvalue weighted by Crippen LogP contribution is -2.42. The van der Waals surface area contributed by atoms with Crippen molar-refractivity contribution in [1.29, 1.82) is 0 Å². The van der Waals surface area contributed by atoms with E-state index in [0.717, 1.165) is 24.7 Å². The molecule has 2 aliphatic rings. The van der Waals surface area contributed by atoms with E-state index >= 15 is 0 Å². The summed E-state index contributed by atoms with van der Waals surface area (Å²) in [7, 11) is 0. The van der Waals surface area contributed by atoms with Crippen LogP contribution in [0.5, 0.6) is 0 Å². The lowest BCUT2D eigenvalue weighted by Gasteiger charge is -2.32. The van der Waals surface area contributed by atoms with E-state index in [4.69, 9.17) is 0 Å². The highest BCUT2D eigenvalue weighted by Gasteiger charge is 2.31. The first-order chi connectivity index (χ1) is 6.25. The van der Waals surface area contributed by atoms with Crippen LogP contribution in [0.4, 0.5) is 0 Å². The third-order valence-electron chi connectivity index (χ3n) is 3.71. The number of rotatable bonds is 1. The third kappa shape index (κ3) is 2.23. The molecule has 1 saturated heterocycles. The van der Waals surface area contributed by atoms with Gasteiger partial charge in [0, 0.05) is 6.04 Å². The fraction of sp³-hybridized carbons (Fsp3) is 1.00. The molecule has 13 heavy (non-hydrogen) atoms.